The molecule has 6 nitrogen and oxygen atoms in total. The van der Waals surface area contributed by atoms with Crippen LogP contribution in [0.1, 0.15) is 25.7 Å². The van der Waals surface area contributed by atoms with Crippen molar-refractivity contribution in [3.63, 3.8) is 0 Å². The standard InChI is InChI=1S/C12H22N2O4/c1-13-10-8-18-7-9(10)12(17)14-6-4-2-3-5-11(15)16/h9-10,13H,2-8H2,1H3,(H,14,17)(H,15,16). The van der Waals surface area contributed by atoms with Crippen LogP contribution in [0.15, 0.2) is 0 Å². The minimum Gasteiger partial charge on any atom is -0.481 e. The molecule has 0 aromatic heterocycles. The number of unbranched alkanes of at least 4 members (excludes halogenated alkanes) is 2. The van der Waals surface area contributed by atoms with E-state index in [1.807, 2.05) is 7.05 Å². The van der Waals surface area contributed by atoms with Crippen molar-refractivity contribution >= 4 is 11.9 Å². The zero-order chi connectivity index (χ0) is 13.4. The number of ether oxygens (including phenoxy) is 1. The summed E-state index contributed by atoms with van der Waals surface area (Å²) in [5.74, 6) is -0.863. The first-order valence-corrected chi connectivity index (χ1v) is 6.39. The third kappa shape index (κ3) is 5.01. The molecule has 0 saturated carbocycles. The summed E-state index contributed by atoms with van der Waals surface area (Å²) < 4.78 is 5.26. The molecule has 0 bridgehead atoms. The van der Waals surface area contributed by atoms with Gasteiger partial charge in [-0.15, -0.1) is 0 Å². The second kappa shape index (κ2) is 8.05. The second-order valence-corrected chi connectivity index (χ2v) is 4.53. The Bertz CT molecular complexity index is 283. The Hall–Kier alpha value is -1.14. The zero-order valence-electron chi connectivity index (χ0n) is 10.8. The Balaban J connectivity index is 2.08. The predicted molar refractivity (Wildman–Crippen MR) is 66.3 cm³/mol. The zero-order valence-corrected chi connectivity index (χ0v) is 10.8. The first kappa shape index (κ1) is 14.9. The van der Waals surface area contributed by atoms with Crippen LogP contribution in [0, 0.1) is 5.92 Å². The highest BCUT2D eigenvalue weighted by atomic mass is 16.5. The minimum absolute atomic E-state index is 0.0186. The van der Waals surface area contributed by atoms with E-state index in [-0.39, 0.29) is 24.3 Å². The minimum atomic E-state index is -0.765. The number of carboxylic acid groups (broad SMARTS) is 1. The third-order valence-corrected chi connectivity index (χ3v) is 3.15. The summed E-state index contributed by atoms with van der Waals surface area (Å²) in [5.41, 5.74) is 0. The number of amides is 1. The lowest BCUT2D eigenvalue weighted by Gasteiger charge is -2.16. The van der Waals surface area contributed by atoms with E-state index in [4.69, 9.17) is 9.84 Å². The van der Waals surface area contributed by atoms with Gasteiger partial charge in [0.1, 0.15) is 0 Å². The van der Waals surface area contributed by atoms with Gasteiger partial charge in [-0.05, 0) is 19.9 Å². The predicted octanol–water partition coefficient (Wildman–Crippen LogP) is -0.0180. The van der Waals surface area contributed by atoms with Crippen LogP contribution in [0.3, 0.4) is 0 Å². The van der Waals surface area contributed by atoms with Gasteiger partial charge < -0.3 is 20.5 Å². The average molecular weight is 258 g/mol. The number of nitrogens with one attached hydrogen (secondary N) is 2. The van der Waals surface area contributed by atoms with Gasteiger partial charge >= 0.3 is 5.97 Å². The Kier molecular flexibility index (Phi) is 6.67. The van der Waals surface area contributed by atoms with Crippen LogP contribution in [0.4, 0.5) is 0 Å². The van der Waals surface area contributed by atoms with E-state index >= 15 is 0 Å². The van der Waals surface area contributed by atoms with Crippen molar-refractivity contribution in [3.8, 4) is 0 Å². The molecular weight excluding hydrogens is 236 g/mol. The van der Waals surface area contributed by atoms with Crippen LogP contribution in [-0.2, 0) is 14.3 Å². The molecule has 1 aliphatic heterocycles. The lowest BCUT2D eigenvalue weighted by atomic mass is 10.0. The normalized spacial score (nSPS) is 22.9. The smallest absolute Gasteiger partial charge is 0.303 e. The maximum atomic E-state index is 11.8. The number of carbonyl (C=O) groups is 2. The van der Waals surface area contributed by atoms with E-state index in [9.17, 15) is 9.59 Å². The van der Waals surface area contributed by atoms with Crippen molar-refractivity contribution in [3.05, 3.63) is 0 Å². The molecule has 1 fully saturated rings. The topological polar surface area (TPSA) is 87.7 Å². The van der Waals surface area contributed by atoms with Gasteiger partial charge in [-0.3, -0.25) is 9.59 Å². The van der Waals surface area contributed by atoms with Crippen molar-refractivity contribution in [2.75, 3.05) is 26.8 Å². The Morgan fingerprint density at radius 2 is 2.06 bits per heavy atom. The maximum absolute atomic E-state index is 11.8. The first-order valence-electron chi connectivity index (χ1n) is 6.39. The Labute approximate surface area is 107 Å². The molecule has 18 heavy (non-hydrogen) atoms. The van der Waals surface area contributed by atoms with Crippen LogP contribution in [0.2, 0.25) is 0 Å². The molecule has 1 saturated heterocycles. The molecule has 6 heteroatoms. The van der Waals surface area contributed by atoms with Crippen molar-refractivity contribution in [1.82, 2.24) is 10.6 Å². The summed E-state index contributed by atoms with van der Waals surface area (Å²) in [6.45, 7) is 1.65. The van der Waals surface area contributed by atoms with Crippen molar-refractivity contribution in [2.45, 2.75) is 31.7 Å². The van der Waals surface area contributed by atoms with Crippen LogP contribution in [0.25, 0.3) is 0 Å². The number of carbonyl (C=O) groups excluding carboxylic acids is 1. The molecule has 0 aromatic rings. The maximum Gasteiger partial charge on any atom is 0.303 e. The third-order valence-electron chi connectivity index (χ3n) is 3.15. The second-order valence-electron chi connectivity index (χ2n) is 4.53. The molecule has 104 valence electrons. The summed E-state index contributed by atoms with van der Waals surface area (Å²) in [7, 11) is 1.82. The molecule has 0 spiro atoms. The summed E-state index contributed by atoms with van der Waals surface area (Å²) in [5, 5.41) is 14.4. The monoisotopic (exact) mass is 258 g/mol. The lowest BCUT2D eigenvalue weighted by Crippen LogP contribution is -2.42. The van der Waals surface area contributed by atoms with E-state index in [0.29, 0.717) is 26.2 Å². The van der Waals surface area contributed by atoms with Crippen LogP contribution in [0.5, 0.6) is 0 Å². The summed E-state index contributed by atoms with van der Waals surface area (Å²) in [6.07, 6.45) is 2.50. The van der Waals surface area contributed by atoms with Crippen LogP contribution < -0.4 is 10.6 Å². The fourth-order valence-electron chi connectivity index (χ4n) is 2.02. The van der Waals surface area contributed by atoms with Gasteiger partial charge in [0, 0.05) is 19.0 Å². The number of likely N-dealkylation sites (N-methyl/N-ethyl adjacent to an activating group) is 1. The quantitative estimate of drug-likeness (QED) is 0.533. The number of hydrogen-bond acceptors (Lipinski definition) is 4. The van der Waals surface area contributed by atoms with Gasteiger partial charge in [-0.1, -0.05) is 6.42 Å². The van der Waals surface area contributed by atoms with Gasteiger partial charge in [0.05, 0.1) is 19.1 Å². The molecular formula is C12H22N2O4. The summed E-state index contributed by atoms with van der Waals surface area (Å²) in [6, 6.07) is 0.0945. The van der Waals surface area contributed by atoms with Crippen molar-refractivity contribution in [1.29, 1.82) is 0 Å². The van der Waals surface area contributed by atoms with Gasteiger partial charge in [0.15, 0.2) is 0 Å². The summed E-state index contributed by atoms with van der Waals surface area (Å²) in [4.78, 5) is 22.1. The number of carboxylic acids is 1. The highest BCUT2D eigenvalue weighted by Gasteiger charge is 2.32. The molecule has 1 rings (SSSR count). The first-order chi connectivity index (χ1) is 8.65. The van der Waals surface area contributed by atoms with E-state index in [1.165, 1.54) is 0 Å². The average Bonchev–Trinajstić information content (AvgIpc) is 2.81. The molecule has 1 amide bonds. The largest absolute Gasteiger partial charge is 0.481 e. The van der Waals surface area contributed by atoms with Gasteiger partial charge in [-0.25, -0.2) is 0 Å². The van der Waals surface area contributed by atoms with Gasteiger partial charge in [-0.2, -0.15) is 0 Å². The fraction of sp³-hybridized carbons (Fsp3) is 0.833. The number of aliphatic carboxylic acids is 1. The molecule has 0 aliphatic carbocycles. The van der Waals surface area contributed by atoms with Crippen LogP contribution in [-0.4, -0.2) is 49.8 Å². The molecule has 2 unspecified atom stereocenters. The highest BCUT2D eigenvalue weighted by Crippen LogP contribution is 2.13. The van der Waals surface area contributed by atoms with E-state index in [1.54, 1.807) is 0 Å². The SMILES string of the molecule is CNC1COCC1C(=O)NCCCCCC(=O)O. The van der Waals surface area contributed by atoms with E-state index < -0.39 is 5.97 Å². The van der Waals surface area contributed by atoms with Crippen molar-refractivity contribution < 1.29 is 19.4 Å². The van der Waals surface area contributed by atoms with Crippen LogP contribution >= 0.6 is 0 Å². The van der Waals surface area contributed by atoms with E-state index in [0.717, 1.165) is 12.8 Å². The molecule has 2 atom stereocenters. The summed E-state index contributed by atoms with van der Waals surface area (Å²) >= 11 is 0. The lowest BCUT2D eigenvalue weighted by molar-refractivity contribution is -0.137. The Morgan fingerprint density at radius 1 is 1.28 bits per heavy atom. The molecule has 1 heterocycles. The van der Waals surface area contributed by atoms with Crippen molar-refractivity contribution in [2.24, 2.45) is 5.92 Å². The number of hydrogen-bond donors (Lipinski definition) is 3. The molecule has 3 N–H and O–H groups in total. The van der Waals surface area contributed by atoms with E-state index in [2.05, 4.69) is 10.6 Å². The molecule has 0 radical (unpaired) electrons. The Morgan fingerprint density at radius 3 is 2.72 bits per heavy atom. The molecule has 0 aromatic carbocycles. The van der Waals surface area contributed by atoms with Gasteiger partial charge in [0.2, 0.25) is 5.91 Å². The fourth-order valence-corrected chi connectivity index (χ4v) is 2.02. The van der Waals surface area contributed by atoms with Gasteiger partial charge in [0.25, 0.3) is 0 Å². The highest BCUT2D eigenvalue weighted by molar-refractivity contribution is 5.79. The molecule has 1 aliphatic rings. The number of rotatable bonds is 8.